The molecule has 5 rings (SSSR count). The standard InChI is InChI=1S/C29H34F4N8O5/c1-28(2,3)46-27(45)35-19-10-18(30)13-39(14-19)22-8-9-41-24(37-22)20(11-34-41)25(42)36-21-15-40(38-23(21)29(31,32)33)12-16-4-6-17(7-5-16)26(43)44/h8-9,11-12,15-19H,4-7,10,13-14H2,1-3H3,(H2-,35,36,42,43,44,45)/p+1/b40-12-/t16?,17?,18-,19-/m1/s1. The van der Waals surface area contributed by atoms with Crippen molar-refractivity contribution in [2.45, 2.75) is 76.9 Å². The number of amides is 2. The number of hydrogen-bond donors (Lipinski definition) is 3. The Labute approximate surface area is 261 Å². The van der Waals surface area contributed by atoms with E-state index in [0.717, 1.165) is 17.1 Å². The van der Waals surface area contributed by atoms with Gasteiger partial charge in [0.15, 0.2) is 11.9 Å². The summed E-state index contributed by atoms with van der Waals surface area (Å²) in [6.45, 7) is 5.29. The minimum atomic E-state index is -4.88. The van der Waals surface area contributed by atoms with Crippen LogP contribution in [0.4, 0.5) is 28.2 Å². The number of allylic oxidation sites excluding steroid dienone is 1. The molecule has 4 heterocycles. The van der Waals surface area contributed by atoms with E-state index in [4.69, 9.17) is 4.74 Å². The van der Waals surface area contributed by atoms with Gasteiger partial charge in [0.05, 0.1) is 24.7 Å². The molecule has 13 nitrogen and oxygen atoms in total. The number of alkyl halides is 4. The molecule has 1 saturated carbocycles. The maximum atomic E-state index is 14.7. The number of carbonyl (C=O) groups is 3. The predicted octanol–water partition coefficient (Wildman–Crippen LogP) is 3.65. The van der Waals surface area contributed by atoms with Crippen molar-refractivity contribution in [1.82, 2.24) is 25.2 Å². The fraction of sp³-hybridized carbons (Fsp3) is 0.552. The minimum Gasteiger partial charge on any atom is -0.481 e. The summed E-state index contributed by atoms with van der Waals surface area (Å²) in [5.74, 6) is -2.20. The zero-order valence-corrected chi connectivity index (χ0v) is 25.4. The molecule has 17 heteroatoms. The van der Waals surface area contributed by atoms with Gasteiger partial charge in [-0.15, -0.1) is 0 Å². The third kappa shape index (κ3) is 7.80. The van der Waals surface area contributed by atoms with Crippen LogP contribution in [0.25, 0.3) is 5.65 Å². The Morgan fingerprint density at radius 1 is 1.13 bits per heavy atom. The fourth-order valence-electron chi connectivity index (χ4n) is 5.69. The molecule has 3 N–H and O–H groups in total. The molecule has 0 spiro atoms. The van der Waals surface area contributed by atoms with Crippen LogP contribution in [-0.2, 0) is 9.53 Å². The molecule has 2 atom stereocenters. The molecule has 2 aliphatic heterocycles. The number of carbonyl (C=O) groups excluding carboxylic acids is 2. The average Bonchev–Trinajstić information content (AvgIpc) is 3.55. The summed E-state index contributed by atoms with van der Waals surface area (Å²) in [7, 11) is 0. The lowest BCUT2D eigenvalue weighted by atomic mass is 9.83. The Bertz CT molecular complexity index is 1600. The van der Waals surface area contributed by atoms with Gasteiger partial charge in [-0.05, 0) is 52.5 Å². The lowest BCUT2D eigenvalue weighted by molar-refractivity contribution is -0.456. The highest BCUT2D eigenvalue weighted by atomic mass is 19.4. The molecule has 1 aliphatic carbocycles. The quantitative estimate of drug-likeness (QED) is 0.316. The molecule has 2 amide bonds. The molecule has 0 radical (unpaired) electrons. The number of carboxylic acid groups (broad SMARTS) is 1. The number of anilines is 1. The van der Waals surface area contributed by atoms with Crippen LogP contribution >= 0.6 is 0 Å². The van der Waals surface area contributed by atoms with E-state index in [-0.39, 0.29) is 42.5 Å². The van der Waals surface area contributed by atoms with Crippen LogP contribution in [0.2, 0.25) is 0 Å². The number of ether oxygens (including phenoxy) is 1. The van der Waals surface area contributed by atoms with Crippen LogP contribution < -0.4 is 15.5 Å². The first-order valence-corrected chi connectivity index (χ1v) is 14.8. The number of fused-ring (bicyclic) bond motifs is 1. The zero-order chi connectivity index (χ0) is 33.4. The second-order valence-corrected chi connectivity index (χ2v) is 12.6. The lowest BCUT2D eigenvalue weighted by Gasteiger charge is -2.36. The molecular weight excluding hydrogens is 616 g/mol. The molecule has 2 aromatic heterocycles. The number of piperidine rings is 1. The van der Waals surface area contributed by atoms with E-state index < -0.39 is 59.3 Å². The smallest absolute Gasteiger partial charge is 0.441 e. The number of alkyl carbamates (subject to hydrolysis) is 1. The van der Waals surface area contributed by atoms with Crippen LogP contribution in [0, 0.1) is 11.8 Å². The number of carboxylic acids is 1. The summed E-state index contributed by atoms with van der Waals surface area (Å²) in [6, 6.07) is 0.959. The van der Waals surface area contributed by atoms with E-state index in [1.54, 1.807) is 31.7 Å². The largest absolute Gasteiger partial charge is 0.481 e. The van der Waals surface area contributed by atoms with Crippen LogP contribution in [0.1, 0.15) is 63.2 Å². The zero-order valence-electron chi connectivity index (χ0n) is 25.4. The molecule has 3 aliphatic rings. The third-order valence-corrected chi connectivity index (χ3v) is 7.78. The Kier molecular flexibility index (Phi) is 9.04. The average molecular weight is 652 g/mol. The molecule has 2 aromatic rings. The highest BCUT2D eigenvalue weighted by Crippen LogP contribution is 2.30. The second-order valence-electron chi connectivity index (χ2n) is 12.6. The second kappa shape index (κ2) is 12.7. The van der Waals surface area contributed by atoms with E-state index in [9.17, 15) is 37.1 Å². The summed E-state index contributed by atoms with van der Waals surface area (Å²) in [4.78, 5) is 42.8. The van der Waals surface area contributed by atoms with Crippen molar-refractivity contribution in [3.8, 4) is 0 Å². The number of hydrogen-bond acceptors (Lipinski definition) is 8. The first kappa shape index (κ1) is 32.8. The first-order chi connectivity index (χ1) is 21.6. The summed E-state index contributed by atoms with van der Waals surface area (Å²) in [5, 5.41) is 21.9. The monoisotopic (exact) mass is 651 g/mol. The number of aliphatic carboxylic acids is 1. The van der Waals surface area contributed by atoms with Gasteiger partial charge in [0.1, 0.15) is 28.9 Å². The normalized spacial score (nSPS) is 24.8. The summed E-state index contributed by atoms with van der Waals surface area (Å²) >= 11 is 0. The minimum absolute atomic E-state index is 0.0235. The Hall–Kier alpha value is -4.57. The Morgan fingerprint density at radius 3 is 2.50 bits per heavy atom. The Balaban J connectivity index is 1.33. The summed E-state index contributed by atoms with van der Waals surface area (Å²) in [5.41, 5.74) is -2.71. The molecule has 46 heavy (non-hydrogen) atoms. The van der Waals surface area contributed by atoms with Crippen LogP contribution in [0.15, 0.2) is 35.5 Å². The van der Waals surface area contributed by atoms with Gasteiger partial charge in [-0.3, -0.25) is 9.59 Å². The third-order valence-electron chi connectivity index (χ3n) is 7.78. The SMILES string of the molecule is CC(C)(C)OC(=O)N[C@@H]1C[C@@H](F)CN(c2ccn3ncc(C(=O)NC4=C/[N+](=C/C5CCC(C(=O)O)CC5)N=C4C(F)(F)F)c3n2)C1. The lowest BCUT2D eigenvalue weighted by Crippen LogP contribution is -2.52. The first-order valence-electron chi connectivity index (χ1n) is 14.8. The number of aromatic nitrogens is 3. The Morgan fingerprint density at radius 2 is 1.85 bits per heavy atom. The van der Waals surface area contributed by atoms with Crippen molar-refractivity contribution in [2.24, 2.45) is 16.9 Å². The number of nitrogens with zero attached hydrogens (tertiary/aromatic N) is 6. The van der Waals surface area contributed by atoms with E-state index in [1.807, 2.05) is 0 Å². The molecule has 1 saturated heterocycles. The number of hydrazone groups is 1. The topological polar surface area (TPSA) is 154 Å². The maximum Gasteiger partial charge on any atom is 0.441 e. The van der Waals surface area contributed by atoms with Gasteiger partial charge in [0.2, 0.25) is 11.9 Å². The molecule has 0 bridgehead atoms. The van der Waals surface area contributed by atoms with Crippen molar-refractivity contribution >= 4 is 41.4 Å². The molecule has 0 aromatic carbocycles. The van der Waals surface area contributed by atoms with E-state index in [0.29, 0.717) is 25.7 Å². The highest BCUT2D eigenvalue weighted by Gasteiger charge is 2.46. The van der Waals surface area contributed by atoms with Gasteiger partial charge in [0.25, 0.3) is 5.91 Å². The molecule has 0 unspecified atom stereocenters. The molecule has 2 fully saturated rings. The van der Waals surface area contributed by atoms with Gasteiger partial charge in [-0.2, -0.15) is 18.3 Å². The van der Waals surface area contributed by atoms with Gasteiger partial charge in [-0.25, -0.2) is 18.7 Å². The van der Waals surface area contributed by atoms with Crippen molar-refractivity contribution in [2.75, 3.05) is 18.0 Å². The van der Waals surface area contributed by atoms with Crippen molar-refractivity contribution in [3.63, 3.8) is 0 Å². The van der Waals surface area contributed by atoms with Crippen LogP contribution in [0.3, 0.4) is 0 Å². The summed E-state index contributed by atoms with van der Waals surface area (Å²) < 4.78 is 64.0. The van der Waals surface area contributed by atoms with Crippen LogP contribution in [0.5, 0.6) is 0 Å². The predicted molar refractivity (Wildman–Crippen MR) is 156 cm³/mol. The number of halogens is 4. The van der Waals surface area contributed by atoms with E-state index in [1.165, 1.54) is 16.9 Å². The van der Waals surface area contributed by atoms with Crippen molar-refractivity contribution in [3.05, 3.63) is 35.9 Å². The van der Waals surface area contributed by atoms with Crippen molar-refractivity contribution < 1.29 is 46.5 Å². The molecule has 248 valence electrons. The molecular formula is C29H35F4N8O5+. The number of nitrogens with one attached hydrogen (secondary N) is 2. The van der Waals surface area contributed by atoms with E-state index >= 15 is 0 Å². The fourth-order valence-corrected chi connectivity index (χ4v) is 5.69. The van der Waals surface area contributed by atoms with Gasteiger partial charge in [-0.1, -0.05) is 4.68 Å². The number of rotatable bonds is 6. The van der Waals surface area contributed by atoms with Crippen molar-refractivity contribution in [1.29, 1.82) is 0 Å². The maximum absolute atomic E-state index is 14.7. The summed E-state index contributed by atoms with van der Waals surface area (Å²) in [6.07, 6.45) is 0.161. The van der Waals surface area contributed by atoms with Gasteiger partial charge in [0, 0.05) is 30.2 Å². The van der Waals surface area contributed by atoms with Gasteiger partial charge < -0.3 is 25.4 Å². The van der Waals surface area contributed by atoms with Gasteiger partial charge >= 0.3 is 18.2 Å². The van der Waals surface area contributed by atoms with Crippen LogP contribution in [-0.4, -0.2) is 91.4 Å². The highest BCUT2D eigenvalue weighted by molar-refractivity contribution is 6.10. The van der Waals surface area contributed by atoms with E-state index in [2.05, 4.69) is 25.8 Å².